The summed E-state index contributed by atoms with van der Waals surface area (Å²) in [6, 6.07) is 6.39. The van der Waals surface area contributed by atoms with E-state index in [0.717, 1.165) is 0 Å². The first-order chi connectivity index (χ1) is 10.5. The molecule has 0 bridgehead atoms. The van der Waals surface area contributed by atoms with Gasteiger partial charge in [-0.3, -0.25) is 4.79 Å². The summed E-state index contributed by atoms with van der Waals surface area (Å²) in [4.78, 5) is 13.7. The largest absolute Gasteiger partial charge is 0.340 e. The molecular formula is C14H21Cl2N3O3S. The Hall–Kier alpha value is -0.860. The van der Waals surface area contributed by atoms with E-state index in [9.17, 15) is 13.2 Å². The van der Waals surface area contributed by atoms with E-state index in [2.05, 4.69) is 0 Å². The molecule has 0 unspecified atom stereocenters. The third-order valence-electron chi connectivity index (χ3n) is 3.64. The number of sulfonamides is 1. The maximum absolute atomic E-state index is 12.6. The molecule has 1 aliphatic rings. The van der Waals surface area contributed by atoms with Crippen LogP contribution in [0.25, 0.3) is 0 Å². The minimum atomic E-state index is -3.62. The monoisotopic (exact) mass is 381 g/mol. The van der Waals surface area contributed by atoms with Crippen LogP contribution in [-0.2, 0) is 14.8 Å². The van der Waals surface area contributed by atoms with Crippen molar-refractivity contribution >= 4 is 39.9 Å². The van der Waals surface area contributed by atoms with Gasteiger partial charge in [-0.05, 0) is 25.1 Å². The average Bonchev–Trinajstić information content (AvgIpc) is 2.53. The third-order valence-corrected chi connectivity index (χ3v) is 6.04. The van der Waals surface area contributed by atoms with E-state index in [1.807, 2.05) is 0 Å². The maximum atomic E-state index is 12.6. The van der Waals surface area contributed by atoms with Crippen molar-refractivity contribution in [2.24, 2.45) is 5.73 Å². The highest BCUT2D eigenvalue weighted by atomic mass is 35.5. The van der Waals surface area contributed by atoms with Gasteiger partial charge in [-0.25, -0.2) is 8.42 Å². The van der Waals surface area contributed by atoms with E-state index < -0.39 is 10.0 Å². The van der Waals surface area contributed by atoms with E-state index >= 15 is 0 Å². The number of amides is 1. The van der Waals surface area contributed by atoms with Crippen molar-refractivity contribution in [3.8, 4) is 0 Å². The molecule has 1 aromatic rings. The summed E-state index contributed by atoms with van der Waals surface area (Å²) < 4.78 is 26.5. The van der Waals surface area contributed by atoms with E-state index in [1.54, 1.807) is 23.1 Å². The Morgan fingerprint density at radius 1 is 1.17 bits per heavy atom. The van der Waals surface area contributed by atoms with E-state index in [0.29, 0.717) is 32.5 Å². The van der Waals surface area contributed by atoms with Crippen LogP contribution in [0.5, 0.6) is 0 Å². The van der Waals surface area contributed by atoms with Gasteiger partial charge in [-0.1, -0.05) is 23.7 Å². The first kappa shape index (κ1) is 20.2. The molecule has 2 N–H and O–H groups in total. The van der Waals surface area contributed by atoms with Gasteiger partial charge >= 0.3 is 0 Å². The zero-order chi connectivity index (χ0) is 16.2. The van der Waals surface area contributed by atoms with Crippen molar-refractivity contribution in [3.05, 3.63) is 29.3 Å². The van der Waals surface area contributed by atoms with Gasteiger partial charge in [0.25, 0.3) is 0 Å². The minimum absolute atomic E-state index is 0. The number of hydrogen-bond donors (Lipinski definition) is 1. The van der Waals surface area contributed by atoms with Gasteiger partial charge in [0, 0.05) is 32.6 Å². The molecule has 0 atom stereocenters. The molecule has 9 heteroatoms. The predicted molar refractivity (Wildman–Crippen MR) is 92.3 cm³/mol. The van der Waals surface area contributed by atoms with Crippen LogP contribution in [-0.4, -0.2) is 56.3 Å². The summed E-state index contributed by atoms with van der Waals surface area (Å²) in [5, 5.41) is 0.212. The van der Waals surface area contributed by atoms with Crippen molar-refractivity contribution in [2.45, 2.75) is 17.7 Å². The lowest BCUT2D eigenvalue weighted by molar-refractivity contribution is -0.132. The van der Waals surface area contributed by atoms with Gasteiger partial charge < -0.3 is 10.6 Å². The molecule has 1 fully saturated rings. The molecule has 0 saturated carbocycles. The van der Waals surface area contributed by atoms with Gasteiger partial charge in [0.1, 0.15) is 4.90 Å². The number of nitrogens with two attached hydrogens (primary N) is 1. The zero-order valence-electron chi connectivity index (χ0n) is 12.7. The first-order valence-corrected chi connectivity index (χ1v) is 9.01. The van der Waals surface area contributed by atoms with E-state index in [1.165, 1.54) is 10.4 Å². The van der Waals surface area contributed by atoms with Crippen LogP contribution in [0.1, 0.15) is 12.8 Å². The highest BCUT2D eigenvalue weighted by Gasteiger charge is 2.30. The highest BCUT2D eigenvalue weighted by molar-refractivity contribution is 7.89. The summed E-state index contributed by atoms with van der Waals surface area (Å²) in [5.41, 5.74) is 5.39. The van der Waals surface area contributed by atoms with Crippen LogP contribution in [0.2, 0.25) is 5.02 Å². The zero-order valence-corrected chi connectivity index (χ0v) is 15.0. The van der Waals surface area contributed by atoms with Crippen molar-refractivity contribution in [3.63, 3.8) is 0 Å². The molecule has 130 valence electrons. The van der Waals surface area contributed by atoms with Crippen LogP contribution in [0.4, 0.5) is 0 Å². The molecule has 23 heavy (non-hydrogen) atoms. The lowest BCUT2D eigenvalue weighted by atomic mass is 10.2. The predicted octanol–water partition coefficient (Wildman–Crippen LogP) is 1.33. The average molecular weight is 382 g/mol. The normalized spacial score (nSPS) is 16.0. The molecule has 6 nitrogen and oxygen atoms in total. The maximum Gasteiger partial charge on any atom is 0.244 e. The lowest BCUT2D eigenvalue weighted by Crippen LogP contribution is -2.50. The summed E-state index contributed by atoms with van der Waals surface area (Å²) in [6.07, 6.45) is 1.06. The number of halogens is 2. The second kappa shape index (κ2) is 8.84. The van der Waals surface area contributed by atoms with Crippen LogP contribution in [0.3, 0.4) is 0 Å². The first-order valence-electron chi connectivity index (χ1n) is 7.19. The molecule has 0 spiro atoms. The SMILES string of the molecule is Cl.NCCCC(=O)N1CCN(S(=O)(=O)c2ccccc2Cl)CC1. The van der Waals surface area contributed by atoms with Crippen LogP contribution >= 0.6 is 24.0 Å². The van der Waals surface area contributed by atoms with Crippen molar-refractivity contribution < 1.29 is 13.2 Å². The Bertz CT molecular complexity index is 632. The fourth-order valence-corrected chi connectivity index (χ4v) is 4.30. The number of benzene rings is 1. The summed E-state index contributed by atoms with van der Waals surface area (Å²) in [5.74, 6) is 0.0280. The number of piperazine rings is 1. The Labute approximate surface area is 148 Å². The molecule has 1 saturated heterocycles. The standard InChI is InChI=1S/C14H20ClN3O3S.ClH/c15-12-4-1-2-5-13(12)22(20,21)18-10-8-17(9-11-18)14(19)6-3-7-16;/h1-2,4-5H,3,6-11,16H2;1H. The fraction of sp³-hybridized carbons (Fsp3) is 0.500. The van der Waals surface area contributed by atoms with E-state index in [-0.39, 0.29) is 41.3 Å². The molecule has 1 heterocycles. The van der Waals surface area contributed by atoms with Crippen molar-refractivity contribution in [2.75, 3.05) is 32.7 Å². The van der Waals surface area contributed by atoms with Gasteiger partial charge in [-0.15, -0.1) is 12.4 Å². The second-order valence-corrected chi connectivity index (χ2v) is 7.42. The van der Waals surface area contributed by atoms with Gasteiger partial charge in [0.2, 0.25) is 15.9 Å². The summed E-state index contributed by atoms with van der Waals surface area (Å²) in [7, 11) is -3.62. The molecule has 0 radical (unpaired) electrons. The van der Waals surface area contributed by atoms with Crippen molar-refractivity contribution in [1.29, 1.82) is 0 Å². The fourth-order valence-electron chi connectivity index (χ4n) is 2.38. The van der Waals surface area contributed by atoms with Gasteiger partial charge in [0.05, 0.1) is 5.02 Å². The Morgan fingerprint density at radius 2 is 1.78 bits per heavy atom. The number of nitrogens with zero attached hydrogens (tertiary/aromatic N) is 2. The Morgan fingerprint density at radius 3 is 2.35 bits per heavy atom. The van der Waals surface area contributed by atoms with Gasteiger partial charge in [0.15, 0.2) is 0 Å². The molecule has 2 rings (SSSR count). The molecule has 0 aliphatic carbocycles. The second-order valence-electron chi connectivity index (χ2n) is 5.11. The van der Waals surface area contributed by atoms with Crippen LogP contribution in [0.15, 0.2) is 29.2 Å². The molecule has 0 aromatic heterocycles. The quantitative estimate of drug-likeness (QED) is 0.833. The third kappa shape index (κ3) is 4.81. The molecule has 1 aromatic carbocycles. The topological polar surface area (TPSA) is 83.7 Å². The Kier molecular flexibility index (Phi) is 7.76. The van der Waals surface area contributed by atoms with E-state index in [4.69, 9.17) is 17.3 Å². The van der Waals surface area contributed by atoms with Gasteiger partial charge in [-0.2, -0.15) is 4.31 Å². The smallest absolute Gasteiger partial charge is 0.244 e. The molecular weight excluding hydrogens is 361 g/mol. The highest BCUT2D eigenvalue weighted by Crippen LogP contribution is 2.25. The molecule has 1 aliphatic heterocycles. The molecule has 1 amide bonds. The number of rotatable bonds is 5. The number of carbonyl (C=O) groups excluding carboxylic acids is 1. The Balaban J connectivity index is 0.00000264. The summed E-state index contributed by atoms with van der Waals surface area (Å²) in [6.45, 7) is 1.83. The number of carbonyl (C=O) groups is 1. The lowest BCUT2D eigenvalue weighted by Gasteiger charge is -2.34. The minimum Gasteiger partial charge on any atom is -0.340 e. The number of hydrogen-bond acceptors (Lipinski definition) is 4. The van der Waals surface area contributed by atoms with Crippen molar-refractivity contribution in [1.82, 2.24) is 9.21 Å². The van der Waals surface area contributed by atoms with Crippen LogP contribution < -0.4 is 5.73 Å². The summed E-state index contributed by atoms with van der Waals surface area (Å²) >= 11 is 5.98. The van der Waals surface area contributed by atoms with Crippen LogP contribution in [0, 0.1) is 0 Å².